The van der Waals surface area contributed by atoms with Crippen LogP contribution in [0.1, 0.15) is 69.1 Å². The van der Waals surface area contributed by atoms with Gasteiger partial charge in [-0.2, -0.15) is 4.31 Å². The normalized spacial score (nSPS) is 17.6. The van der Waals surface area contributed by atoms with Crippen LogP contribution in [-0.2, 0) is 14.8 Å². The number of hydrogen-bond acceptors (Lipinski definition) is 3. The molecular formula is C24H32N2O3S. The Balaban J connectivity index is 1.91. The van der Waals surface area contributed by atoms with Gasteiger partial charge in [0, 0.05) is 12.2 Å². The van der Waals surface area contributed by atoms with Gasteiger partial charge in [-0.1, -0.05) is 63.6 Å². The third-order valence-corrected chi connectivity index (χ3v) is 7.68. The number of hydrogen-bond donors (Lipinski definition) is 1. The number of rotatable bonds is 6. The molecule has 6 heteroatoms. The molecule has 1 aliphatic rings. The summed E-state index contributed by atoms with van der Waals surface area (Å²) < 4.78 is 27.8. The highest BCUT2D eigenvalue weighted by Crippen LogP contribution is 2.34. The summed E-state index contributed by atoms with van der Waals surface area (Å²) in [7, 11) is -3.72. The molecule has 5 nitrogen and oxygen atoms in total. The average molecular weight is 429 g/mol. The van der Waals surface area contributed by atoms with Gasteiger partial charge in [0.2, 0.25) is 15.9 Å². The van der Waals surface area contributed by atoms with Crippen LogP contribution >= 0.6 is 0 Å². The van der Waals surface area contributed by atoms with Crippen LogP contribution in [0, 0.1) is 6.92 Å². The van der Waals surface area contributed by atoms with E-state index in [0.29, 0.717) is 19.4 Å². The first-order valence-corrected chi connectivity index (χ1v) is 12.1. The number of para-hydroxylation sites is 1. The van der Waals surface area contributed by atoms with Crippen molar-refractivity contribution in [3.05, 3.63) is 59.2 Å². The maximum absolute atomic E-state index is 13.3. The van der Waals surface area contributed by atoms with E-state index < -0.39 is 16.1 Å². The summed E-state index contributed by atoms with van der Waals surface area (Å²) in [5.41, 5.74) is 3.96. The van der Waals surface area contributed by atoms with E-state index in [0.717, 1.165) is 22.4 Å². The van der Waals surface area contributed by atoms with E-state index in [9.17, 15) is 13.2 Å². The first-order chi connectivity index (χ1) is 14.1. The Morgan fingerprint density at radius 1 is 1.00 bits per heavy atom. The monoisotopic (exact) mass is 428 g/mol. The lowest BCUT2D eigenvalue weighted by atomic mass is 9.92. The molecule has 0 aliphatic carbocycles. The first-order valence-electron chi connectivity index (χ1n) is 10.6. The fraction of sp³-hybridized carbons (Fsp3) is 0.458. The number of carbonyl (C=O) groups is 1. The van der Waals surface area contributed by atoms with Gasteiger partial charge in [0.1, 0.15) is 6.04 Å². The van der Waals surface area contributed by atoms with Gasteiger partial charge in [-0.3, -0.25) is 4.79 Å². The third kappa shape index (κ3) is 4.44. The van der Waals surface area contributed by atoms with Crippen LogP contribution in [0.15, 0.2) is 47.4 Å². The van der Waals surface area contributed by atoms with Gasteiger partial charge in [-0.15, -0.1) is 0 Å². The van der Waals surface area contributed by atoms with Gasteiger partial charge in [-0.05, 0) is 54.9 Å². The van der Waals surface area contributed by atoms with E-state index in [1.165, 1.54) is 4.31 Å². The van der Waals surface area contributed by atoms with Gasteiger partial charge in [0.05, 0.1) is 4.90 Å². The van der Waals surface area contributed by atoms with Gasteiger partial charge in [0.25, 0.3) is 0 Å². The van der Waals surface area contributed by atoms with Gasteiger partial charge in [-0.25, -0.2) is 8.42 Å². The van der Waals surface area contributed by atoms with Crippen molar-refractivity contribution in [2.24, 2.45) is 0 Å². The predicted molar refractivity (Wildman–Crippen MR) is 121 cm³/mol. The molecule has 1 fully saturated rings. The van der Waals surface area contributed by atoms with Crippen molar-refractivity contribution >= 4 is 21.6 Å². The number of nitrogens with one attached hydrogen (secondary N) is 1. The second-order valence-corrected chi connectivity index (χ2v) is 10.6. The topological polar surface area (TPSA) is 66.5 Å². The van der Waals surface area contributed by atoms with Gasteiger partial charge in [0.15, 0.2) is 0 Å². The lowest BCUT2D eigenvalue weighted by Crippen LogP contribution is -2.43. The molecule has 0 spiro atoms. The van der Waals surface area contributed by atoms with Gasteiger partial charge >= 0.3 is 0 Å². The van der Waals surface area contributed by atoms with Crippen molar-refractivity contribution in [3.8, 4) is 0 Å². The molecule has 30 heavy (non-hydrogen) atoms. The van der Waals surface area contributed by atoms with Crippen LogP contribution in [0.4, 0.5) is 5.69 Å². The molecule has 3 rings (SSSR count). The average Bonchev–Trinajstić information content (AvgIpc) is 3.19. The minimum Gasteiger partial charge on any atom is -0.324 e. The number of benzene rings is 2. The molecule has 0 saturated carbocycles. The van der Waals surface area contributed by atoms with E-state index in [2.05, 4.69) is 33.0 Å². The molecule has 1 N–H and O–H groups in total. The molecule has 1 heterocycles. The van der Waals surface area contributed by atoms with Crippen molar-refractivity contribution in [1.82, 2.24) is 4.31 Å². The van der Waals surface area contributed by atoms with E-state index in [1.54, 1.807) is 24.3 Å². The largest absolute Gasteiger partial charge is 0.324 e. The van der Waals surface area contributed by atoms with Crippen molar-refractivity contribution < 1.29 is 13.2 Å². The van der Waals surface area contributed by atoms with E-state index in [-0.39, 0.29) is 22.6 Å². The molecule has 0 bridgehead atoms. The van der Waals surface area contributed by atoms with Crippen LogP contribution in [0.5, 0.6) is 0 Å². The highest BCUT2D eigenvalue weighted by atomic mass is 32.2. The zero-order valence-electron chi connectivity index (χ0n) is 18.5. The van der Waals surface area contributed by atoms with Crippen molar-refractivity contribution in [2.75, 3.05) is 11.9 Å². The molecule has 2 aromatic carbocycles. The number of anilines is 1. The number of carbonyl (C=O) groups excluding carboxylic acids is 1. The van der Waals surface area contributed by atoms with Crippen LogP contribution in [-0.4, -0.2) is 31.2 Å². The Labute approximate surface area is 180 Å². The molecular weight excluding hydrogens is 396 g/mol. The minimum absolute atomic E-state index is 0.234. The second kappa shape index (κ2) is 8.90. The summed E-state index contributed by atoms with van der Waals surface area (Å²) in [5, 5.41) is 3.10. The highest BCUT2D eigenvalue weighted by Gasteiger charge is 2.39. The zero-order valence-corrected chi connectivity index (χ0v) is 19.3. The molecule has 2 aromatic rings. The van der Waals surface area contributed by atoms with Crippen molar-refractivity contribution in [3.63, 3.8) is 0 Å². The molecule has 0 aromatic heterocycles. The SMILES string of the molecule is Cc1ccc(S(=O)(=O)N2CCC[C@H]2C(=O)Nc2c(C(C)C)cccc2C(C)C)cc1. The molecule has 162 valence electrons. The minimum atomic E-state index is -3.72. The van der Waals surface area contributed by atoms with Crippen molar-refractivity contribution in [2.45, 2.75) is 70.2 Å². The Kier molecular flexibility index (Phi) is 6.68. The highest BCUT2D eigenvalue weighted by molar-refractivity contribution is 7.89. The fourth-order valence-electron chi connectivity index (χ4n) is 4.04. The molecule has 1 amide bonds. The maximum Gasteiger partial charge on any atom is 0.243 e. The number of nitrogens with zero attached hydrogens (tertiary/aromatic N) is 1. The predicted octanol–water partition coefficient (Wildman–Crippen LogP) is 5.03. The summed E-state index contributed by atoms with van der Waals surface area (Å²) in [6.07, 6.45) is 1.20. The van der Waals surface area contributed by atoms with E-state index in [1.807, 2.05) is 25.1 Å². The lowest BCUT2D eigenvalue weighted by Gasteiger charge is -2.26. The molecule has 0 radical (unpaired) electrons. The quantitative estimate of drug-likeness (QED) is 0.701. The van der Waals surface area contributed by atoms with Crippen LogP contribution in [0.2, 0.25) is 0 Å². The maximum atomic E-state index is 13.3. The molecule has 1 atom stereocenters. The summed E-state index contributed by atoms with van der Waals surface area (Å²) in [4.78, 5) is 13.5. The second-order valence-electron chi connectivity index (χ2n) is 8.70. The summed E-state index contributed by atoms with van der Waals surface area (Å²) in [6, 6.07) is 12.2. The summed E-state index contributed by atoms with van der Waals surface area (Å²) in [6.45, 7) is 10.7. The third-order valence-electron chi connectivity index (χ3n) is 5.76. The van der Waals surface area contributed by atoms with E-state index in [4.69, 9.17) is 0 Å². The van der Waals surface area contributed by atoms with Crippen LogP contribution < -0.4 is 5.32 Å². The standard InChI is InChI=1S/C24H32N2O3S/c1-16(2)20-8-6-9-21(17(3)4)23(20)25-24(27)22-10-7-15-26(22)30(28,29)19-13-11-18(5)12-14-19/h6,8-9,11-14,16-17,22H,7,10,15H2,1-5H3,(H,25,27)/t22-/m0/s1. The number of sulfonamides is 1. The first kappa shape index (κ1) is 22.5. The Morgan fingerprint density at radius 2 is 1.57 bits per heavy atom. The summed E-state index contributed by atoms with van der Waals surface area (Å²) in [5.74, 6) is 0.239. The lowest BCUT2D eigenvalue weighted by molar-refractivity contribution is -0.119. The Hall–Kier alpha value is -2.18. The summed E-state index contributed by atoms with van der Waals surface area (Å²) >= 11 is 0. The number of aryl methyl sites for hydroxylation is 1. The number of amides is 1. The van der Waals surface area contributed by atoms with Crippen molar-refractivity contribution in [1.29, 1.82) is 0 Å². The van der Waals surface area contributed by atoms with Crippen LogP contribution in [0.3, 0.4) is 0 Å². The molecule has 0 unspecified atom stereocenters. The Bertz CT molecular complexity index is 985. The smallest absolute Gasteiger partial charge is 0.243 e. The zero-order chi connectivity index (χ0) is 22.1. The fourth-order valence-corrected chi connectivity index (χ4v) is 5.69. The molecule has 1 aliphatic heterocycles. The Morgan fingerprint density at radius 3 is 2.10 bits per heavy atom. The van der Waals surface area contributed by atoms with E-state index >= 15 is 0 Å². The van der Waals surface area contributed by atoms with Crippen LogP contribution in [0.25, 0.3) is 0 Å². The molecule has 1 saturated heterocycles. The van der Waals surface area contributed by atoms with Gasteiger partial charge < -0.3 is 5.32 Å².